The lowest BCUT2D eigenvalue weighted by molar-refractivity contribution is -0.141. The Hall–Kier alpha value is -2.63. The molecule has 2 saturated heterocycles. The molecule has 3 unspecified atom stereocenters. The Labute approximate surface area is 141 Å². The number of amides is 2. The second kappa shape index (κ2) is 6.35. The molecule has 9 heteroatoms. The van der Waals surface area contributed by atoms with E-state index in [1.54, 1.807) is 0 Å². The van der Waals surface area contributed by atoms with Gasteiger partial charge in [0.25, 0.3) is 5.91 Å². The average molecular weight is 352 g/mol. The molecule has 2 aliphatic rings. The van der Waals surface area contributed by atoms with Gasteiger partial charge in [0.15, 0.2) is 0 Å². The van der Waals surface area contributed by atoms with Crippen LogP contribution in [0.15, 0.2) is 18.3 Å². The zero-order chi connectivity index (χ0) is 18.2. The lowest BCUT2D eigenvalue weighted by Crippen LogP contribution is -2.57. The van der Waals surface area contributed by atoms with Crippen molar-refractivity contribution in [3.05, 3.63) is 29.6 Å². The molecule has 1 N–H and O–H groups in total. The zero-order valence-corrected chi connectivity index (χ0v) is 13.1. The molecular weight excluding hydrogens is 337 g/mol. The van der Waals surface area contributed by atoms with Crippen LogP contribution in [0.4, 0.5) is 13.2 Å². The first-order valence-corrected chi connectivity index (χ1v) is 7.82. The Balaban J connectivity index is 1.70. The Morgan fingerprint density at radius 1 is 1.40 bits per heavy atom. The highest BCUT2D eigenvalue weighted by Gasteiger charge is 2.40. The molecule has 0 radical (unpaired) electrons. The third-order valence-corrected chi connectivity index (χ3v) is 4.66. The molecule has 2 aliphatic heterocycles. The third kappa shape index (κ3) is 3.43. The minimum Gasteiger partial charge on any atom is -0.352 e. The Morgan fingerprint density at radius 2 is 2.16 bits per heavy atom. The first kappa shape index (κ1) is 17.2. The molecule has 1 aromatic rings. The van der Waals surface area contributed by atoms with Crippen molar-refractivity contribution in [2.45, 2.75) is 25.1 Å². The Bertz CT molecular complexity index is 726. The fraction of sp³-hybridized carbons (Fsp3) is 0.500. The van der Waals surface area contributed by atoms with Crippen LogP contribution in [-0.4, -0.2) is 40.8 Å². The molecule has 2 fully saturated rings. The van der Waals surface area contributed by atoms with Crippen molar-refractivity contribution in [1.82, 2.24) is 15.2 Å². The average Bonchev–Trinajstić information content (AvgIpc) is 2.59. The van der Waals surface area contributed by atoms with Crippen LogP contribution in [0.1, 0.15) is 28.9 Å². The third-order valence-electron chi connectivity index (χ3n) is 4.66. The quantitative estimate of drug-likeness (QED) is 0.832. The highest BCUT2D eigenvalue weighted by Crippen LogP contribution is 2.30. The SMILES string of the molecule is N#CC1CC2CN(C(=O)c3ccc(C(F)(F)F)nc3)CCC2NC1=O. The van der Waals surface area contributed by atoms with Gasteiger partial charge in [-0.25, -0.2) is 0 Å². The molecule has 0 spiro atoms. The van der Waals surface area contributed by atoms with Crippen molar-refractivity contribution in [3.63, 3.8) is 0 Å². The van der Waals surface area contributed by atoms with Crippen LogP contribution in [0.2, 0.25) is 0 Å². The van der Waals surface area contributed by atoms with Crippen LogP contribution >= 0.6 is 0 Å². The topological polar surface area (TPSA) is 86.1 Å². The van der Waals surface area contributed by atoms with Gasteiger partial charge in [0, 0.05) is 25.3 Å². The number of likely N-dealkylation sites (tertiary alicyclic amines) is 1. The second-order valence-corrected chi connectivity index (χ2v) is 6.26. The molecule has 3 heterocycles. The van der Waals surface area contributed by atoms with Gasteiger partial charge in [-0.2, -0.15) is 18.4 Å². The number of halogens is 3. The van der Waals surface area contributed by atoms with E-state index >= 15 is 0 Å². The number of rotatable bonds is 1. The van der Waals surface area contributed by atoms with Crippen molar-refractivity contribution < 1.29 is 22.8 Å². The lowest BCUT2D eigenvalue weighted by atomic mass is 9.80. The summed E-state index contributed by atoms with van der Waals surface area (Å²) >= 11 is 0. The molecule has 0 aliphatic carbocycles. The van der Waals surface area contributed by atoms with Crippen molar-refractivity contribution >= 4 is 11.8 Å². The molecular formula is C16H15F3N4O2. The summed E-state index contributed by atoms with van der Waals surface area (Å²) in [6.07, 6.45) is -2.69. The number of nitrogens with one attached hydrogen (secondary N) is 1. The maximum absolute atomic E-state index is 12.5. The Morgan fingerprint density at radius 3 is 2.76 bits per heavy atom. The smallest absolute Gasteiger partial charge is 0.352 e. The van der Waals surface area contributed by atoms with E-state index in [2.05, 4.69) is 10.3 Å². The molecule has 0 saturated carbocycles. The van der Waals surface area contributed by atoms with Crippen LogP contribution in [0.5, 0.6) is 0 Å². The fourth-order valence-electron chi connectivity index (χ4n) is 3.32. The van der Waals surface area contributed by atoms with Crippen LogP contribution in [0, 0.1) is 23.2 Å². The number of piperidine rings is 2. The summed E-state index contributed by atoms with van der Waals surface area (Å²) in [4.78, 5) is 29.1. The van der Waals surface area contributed by atoms with Gasteiger partial charge in [-0.3, -0.25) is 14.6 Å². The summed E-state index contributed by atoms with van der Waals surface area (Å²) in [7, 11) is 0. The first-order chi connectivity index (χ1) is 11.8. The minimum atomic E-state index is -4.55. The fourth-order valence-corrected chi connectivity index (χ4v) is 3.32. The van der Waals surface area contributed by atoms with Crippen molar-refractivity contribution in [3.8, 4) is 6.07 Å². The van der Waals surface area contributed by atoms with Gasteiger partial charge >= 0.3 is 6.18 Å². The number of fused-ring (bicyclic) bond motifs is 1. The number of hydrogen-bond acceptors (Lipinski definition) is 4. The number of nitriles is 1. The number of carbonyl (C=O) groups is 2. The van der Waals surface area contributed by atoms with E-state index in [9.17, 15) is 22.8 Å². The van der Waals surface area contributed by atoms with E-state index in [4.69, 9.17) is 5.26 Å². The summed E-state index contributed by atoms with van der Waals surface area (Å²) in [5, 5.41) is 11.8. The maximum atomic E-state index is 12.5. The van der Waals surface area contributed by atoms with Crippen molar-refractivity contribution in [2.24, 2.45) is 11.8 Å². The van der Waals surface area contributed by atoms with Crippen molar-refractivity contribution in [1.29, 1.82) is 5.26 Å². The van der Waals surface area contributed by atoms with Crippen molar-refractivity contribution in [2.75, 3.05) is 13.1 Å². The molecule has 3 atom stereocenters. The van der Waals surface area contributed by atoms with Crippen LogP contribution in [-0.2, 0) is 11.0 Å². The lowest BCUT2D eigenvalue weighted by Gasteiger charge is -2.42. The first-order valence-electron chi connectivity index (χ1n) is 7.82. The van der Waals surface area contributed by atoms with Gasteiger partial charge in [-0.05, 0) is 30.9 Å². The van der Waals surface area contributed by atoms with E-state index in [-0.39, 0.29) is 23.4 Å². The van der Waals surface area contributed by atoms with Gasteiger partial charge in [0.05, 0.1) is 11.6 Å². The standard InChI is InChI=1S/C16H15F3N4O2/c17-16(18,19)13-2-1-9(7-21-13)15(25)23-4-3-12-11(8-23)5-10(6-20)14(24)22-12/h1-2,7,10-12H,3-5,8H2,(H,22,24). The predicted octanol–water partition coefficient (Wildman–Crippen LogP) is 1.59. The number of hydrogen-bond donors (Lipinski definition) is 1. The Kier molecular flexibility index (Phi) is 4.37. The number of pyridine rings is 1. The monoisotopic (exact) mass is 352 g/mol. The molecule has 6 nitrogen and oxygen atoms in total. The number of nitrogens with zero attached hydrogens (tertiary/aromatic N) is 3. The van der Waals surface area contributed by atoms with Crippen LogP contribution in [0.25, 0.3) is 0 Å². The minimum absolute atomic E-state index is 0.0394. The summed E-state index contributed by atoms with van der Waals surface area (Å²) in [6.45, 7) is 0.738. The van der Waals surface area contributed by atoms with E-state index in [0.717, 1.165) is 18.3 Å². The summed E-state index contributed by atoms with van der Waals surface area (Å²) in [5.74, 6) is -1.45. The van der Waals surface area contributed by atoms with E-state index in [1.165, 1.54) is 4.90 Å². The van der Waals surface area contributed by atoms with E-state index in [1.807, 2.05) is 6.07 Å². The van der Waals surface area contributed by atoms with E-state index < -0.39 is 23.7 Å². The summed E-state index contributed by atoms with van der Waals surface area (Å²) < 4.78 is 37.6. The molecule has 0 aromatic carbocycles. The van der Waals surface area contributed by atoms with Crippen LogP contribution in [0.3, 0.4) is 0 Å². The second-order valence-electron chi connectivity index (χ2n) is 6.26. The molecule has 132 valence electrons. The highest BCUT2D eigenvalue weighted by molar-refractivity contribution is 5.94. The summed E-state index contributed by atoms with van der Waals surface area (Å²) in [5.41, 5.74) is -0.960. The number of alkyl halides is 3. The van der Waals surface area contributed by atoms with Crippen LogP contribution < -0.4 is 5.32 Å². The van der Waals surface area contributed by atoms with Gasteiger partial charge in [0.2, 0.25) is 5.91 Å². The van der Waals surface area contributed by atoms with Gasteiger partial charge in [0.1, 0.15) is 11.6 Å². The maximum Gasteiger partial charge on any atom is 0.433 e. The van der Waals surface area contributed by atoms with Gasteiger partial charge < -0.3 is 10.2 Å². The van der Waals surface area contributed by atoms with Gasteiger partial charge in [-0.1, -0.05) is 0 Å². The number of aromatic nitrogens is 1. The molecule has 25 heavy (non-hydrogen) atoms. The van der Waals surface area contributed by atoms with Gasteiger partial charge in [-0.15, -0.1) is 0 Å². The number of carbonyl (C=O) groups excluding carboxylic acids is 2. The van der Waals surface area contributed by atoms with E-state index in [0.29, 0.717) is 25.9 Å². The predicted molar refractivity (Wildman–Crippen MR) is 78.9 cm³/mol. The molecule has 2 amide bonds. The molecule has 3 rings (SSSR count). The normalized spacial score (nSPS) is 26.4. The summed E-state index contributed by atoms with van der Waals surface area (Å²) in [6, 6.07) is 3.77. The highest BCUT2D eigenvalue weighted by atomic mass is 19.4. The zero-order valence-electron chi connectivity index (χ0n) is 13.1. The molecule has 0 bridgehead atoms. The molecule has 1 aromatic heterocycles. The largest absolute Gasteiger partial charge is 0.433 e.